The molecule has 0 saturated carbocycles. The van der Waals surface area contributed by atoms with Gasteiger partial charge in [-0.15, -0.1) is 0 Å². The van der Waals surface area contributed by atoms with E-state index in [1.807, 2.05) is 27.7 Å². The van der Waals surface area contributed by atoms with Crippen molar-refractivity contribution in [3.8, 4) is 0 Å². The lowest BCUT2D eigenvalue weighted by atomic mass is 9.84. The molecule has 0 aliphatic rings. The molecule has 16 heavy (non-hydrogen) atoms. The minimum absolute atomic E-state index is 0.0803. The molecule has 1 atom stereocenters. The summed E-state index contributed by atoms with van der Waals surface area (Å²) >= 11 is 0. The number of ether oxygens (including phenoxy) is 1. The summed E-state index contributed by atoms with van der Waals surface area (Å²) in [4.78, 5) is 11.6. The third-order valence-corrected chi connectivity index (χ3v) is 2.42. The van der Waals surface area contributed by atoms with Crippen LogP contribution in [0, 0.1) is 16.7 Å². The van der Waals surface area contributed by atoms with Crippen molar-refractivity contribution in [3.63, 3.8) is 0 Å². The largest absolute Gasteiger partial charge is 0.465 e. The van der Waals surface area contributed by atoms with Gasteiger partial charge in [0.2, 0.25) is 0 Å². The Bertz CT molecular complexity index is 226. The van der Waals surface area contributed by atoms with Crippen molar-refractivity contribution in [3.05, 3.63) is 0 Å². The van der Waals surface area contributed by atoms with E-state index in [1.165, 1.54) is 0 Å². The zero-order valence-corrected chi connectivity index (χ0v) is 11.5. The van der Waals surface area contributed by atoms with Gasteiger partial charge in [-0.2, -0.15) is 0 Å². The van der Waals surface area contributed by atoms with Crippen LogP contribution in [0.25, 0.3) is 0 Å². The molecule has 0 radical (unpaired) electrons. The molecule has 0 fully saturated rings. The van der Waals surface area contributed by atoms with Crippen LogP contribution in [-0.2, 0) is 9.53 Å². The Morgan fingerprint density at radius 3 is 2.12 bits per heavy atom. The van der Waals surface area contributed by atoms with Gasteiger partial charge < -0.3 is 9.84 Å². The molecule has 3 heteroatoms. The van der Waals surface area contributed by atoms with Crippen LogP contribution in [0.15, 0.2) is 0 Å². The third kappa shape index (κ3) is 6.11. The zero-order valence-electron chi connectivity index (χ0n) is 11.5. The second-order valence-corrected chi connectivity index (χ2v) is 6.48. The van der Waals surface area contributed by atoms with Gasteiger partial charge in [0.25, 0.3) is 0 Å². The average Bonchev–Trinajstić information content (AvgIpc) is 2.11. The molecule has 0 aliphatic heterocycles. The third-order valence-electron chi connectivity index (χ3n) is 2.42. The predicted octanol–water partition coefficient (Wildman–Crippen LogP) is 2.62. The van der Waals surface area contributed by atoms with Crippen LogP contribution in [0.5, 0.6) is 0 Å². The molecule has 0 aromatic rings. The van der Waals surface area contributed by atoms with Gasteiger partial charge in [-0.05, 0) is 38.5 Å². The maximum atomic E-state index is 11.6. The van der Waals surface area contributed by atoms with Crippen LogP contribution in [0.4, 0.5) is 0 Å². The molecular formula is C13H26O3. The molecule has 3 nitrogen and oxygen atoms in total. The Labute approximate surface area is 99.2 Å². The fourth-order valence-corrected chi connectivity index (χ4v) is 1.54. The molecule has 0 aromatic heterocycles. The molecule has 0 rings (SSSR count). The summed E-state index contributed by atoms with van der Waals surface area (Å²) in [6.45, 7) is 12.2. The number of carbonyl (C=O) groups is 1. The van der Waals surface area contributed by atoms with Crippen LogP contribution in [-0.4, -0.2) is 24.3 Å². The van der Waals surface area contributed by atoms with Crippen molar-refractivity contribution >= 4 is 5.97 Å². The molecule has 1 N–H and O–H groups in total. The van der Waals surface area contributed by atoms with Gasteiger partial charge in [-0.25, -0.2) is 0 Å². The van der Waals surface area contributed by atoms with Crippen molar-refractivity contribution in [2.24, 2.45) is 16.7 Å². The van der Waals surface area contributed by atoms with Gasteiger partial charge in [0.15, 0.2) is 0 Å². The van der Waals surface area contributed by atoms with E-state index in [1.54, 1.807) is 0 Å². The van der Waals surface area contributed by atoms with E-state index in [0.717, 1.165) is 6.42 Å². The summed E-state index contributed by atoms with van der Waals surface area (Å²) in [6.07, 6.45) is 0.848. The minimum atomic E-state index is -0.446. The molecule has 0 bridgehead atoms. The Morgan fingerprint density at radius 1 is 1.25 bits per heavy atom. The van der Waals surface area contributed by atoms with E-state index in [0.29, 0.717) is 6.61 Å². The first-order chi connectivity index (χ1) is 7.08. The maximum absolute atomic E-state index is 11.6. The van der Waals surface area contributed by atoms with Gasteiger partial charge in [-0.3, -0.25) is 4.79 Å². The highest BCUT2D eigenvalue weighted by atomic mass is 16.5. The van der Waals surface area contributed by atoms with Crippen LogP contribution in [0.1, 0.15) is 48.0 Å². The van der Waals surface area contributed by atoms with E-state index >= 15 is 0 Å². The second-order valence-electron chi connectivity index (χ2n) is 6.48. The first-order valence-electron chi connectivity index (χ1n) is 5.86. The smallest absolute Gasteiger partial charge is 0.311 e. The SMILES string of the molecule is CC(CO)CC(C)(C)COC(=O)C(C)(C)C. The number of esters is 1. The number of carbonyl (C=O) groups excluding carboxylic acids is 1. The van der Waals surface area contributed by atoms with Crippen molar-refractivity contribution in [2.45, 2.75) is 48.0 Å². The number of rotatable bonds is 5. The molecule has 0 saturated heterocycles. The fraction of sp³-hybridized carbons (Fsp3) is 0.923. The van der Waals surface area contributed by atoms with Gasteiger partial charge in [0.1, 0.15) is 0 Å². The molecule has 96 valence electrons. The first-order valence-corrected chi connectivity index (χ1v) is 5.86. The van der Waals surface area contributed by atoms with Crippen LogP contribution in [0.3, 0.4) is 0 Å². The lowest BCUT2D eigenvalue weighted by molar-refractivity contribution is -0.156. The van der Waals surface area contributed by atoms with E-state index in [9.17, 15) is 4.79 Å². The molecule has 0 spiro atoms. The van der Waals surface area contributed by atoms with Crippen LogP contribution >= 0.6 is 0 Å². The quantitative estimate of drug-likeness (QED) is 0.738. The Morgan fingerprint density at radius 2 is 1.75 bits per heavy atom. The van der Waals surface area contributed by atoms with E-state index in [4.69, 9.17) is 9.84 Å². The highest BCUT2D eigenvalue weighted by Gasteiger charge is 2.27. The lowest BCUT2D eigenvalue weighted by Crippen LogP contribution is -2.30. The van der Waals surface area contributed by atoms with E-state index in [2.05, 4.69) is 13.8 Å². The standard InChI is InChI=1S/C13H26O3/c1-10(8-14)7-13(5,6)9-16-11(15)12(2,3)4/h10,14H,7-9H2,1-6H3. The maximum Gasteiger partial charge on any atom is 0.311 e. The second kappa shape index (κ2) is 5.67. The van der Waals surface area contributed by atoms with Crippen LogP contribution < -0.4 is 0 Å². The zero-order chi connectivity index (χ0) is 13.0. The van der Waals surface area contributed by atoms with Gasteiger partial charge >= 0.3 is 5.97 Å². The topological polar surface area (TPSA) is 46.5 Å². The number of hydrogen-bond donors (Lipinski definition) is 1. The van der Waals surface area contributed by atoms with Crippen LogP contribution in [0.2, 0.25) is 0 Å². The van der Waals surface area contributed by atoms with Gasteiger partial charge in [0.05, 0.1) is 12.0 Å². The van der Waals surface area contributed by atoms with E-state index < -0.39 is 5.41 Å². The monoisotopic (exact) mass is 230 g/mol. The summed E-state index contributed by atoms with van der Waals surface area (Å²) in [7, 11) is 0. The number of aliphatic hydroxyl groups is 1. The summed E-state index contributed by atoms with van der Waals surface area (Å²) in [5.41, 5.74) is -0.526. The molecule has 0 aromatic carbocycles. The van der Waals surface area contributed by atoms with Crippen molar-refractivity contribution in [2.75, 3.05) is 13.2 Å². The normalized spacial score (nSPS) is 14.7. The van der Waals surface area contributed by atoms with Crippen molar-refractivity contribution in [1.29, 1.82) is 0 Å². The lowest BCUT2D eigenvalue weighted by Gasteiger charge is -2.28. The average molecular weight is 230 g/mol. The molecular weight excluding hydrogens is 204 g/mol. The summed E-state index contributed by atoms with van der Waals surface area (Å²) in [5, 5.41) is 9.00. The minimum Gasteiger partial charge on any atom is -0.465 e. The summed E-state index contributed by atoms with van der Waals surface area (Å²) < 4.78 is 5.30. The highest BCUT2D eigenvalue weighted by Crippen LogP contribution is 2.27. The molecule has 1 unspecified atom stereocenters. The molecule has 0 aliphatic carbocycles. The number of aliphatic hydroxyl groups excluding tert-OH is 1. The van der Waals surface area contributed by atoms with Gasteiger partial charge in [-0.1, -0.05) is 20.8 Å². The Kier molecular flexibility index (Phi) is 5.47. The first kappa shape index (κ1) is 15.4. The number of hydrogen-bond acceptors (Lipinski definition) is 3. The Balaban J connectivity index is 4.14. The van der Waals surface area contributed by atoms with E-state index in [-0.39, 0.29) is 23.9 Å². The summed E-state index contributed by atoms with van der Waals surface area (Å²) in [5.74, 6) is 0.0700. The highest BCUT2D eigenvalue weighted by molar-refractivity contribution is 5.75. The van der Waals surface area contributed by atoms with Crippen molar-refractivity contribution < 1.29 is 14.6 Å². The predicted molar refractivity (Wildman–Crippen MR) is 65.1 cm³/mol. The van der Waals surface area contributed by atoms with Gasteiger partial charge in [0, 0.05) is 6.61 Å². The van der Waals surface area contributed by atoms with Crippen molar-refractivity contribution in [1.82, 2.24) is 0 Å². The summed E-state index contributed by atoms with van der Waals surface area (Å²) in [6, 6.07) is 0. The Hall–Kier alpha value is -0.570. The molecule has 0 amide bonds. The molecule has 0 heterocycles. The fourth-order valence-electron chi connectivity index (χ4n) is 1.54.